The number of aromatic hydroxyl groups is 1. The van der Waals surface area contributed by atoms with Crippen molar-refractivity contribution in [3.05, 3.63) is 52.3 Å². The van der Waals surface area contributed by atoms with Crippen LogP contribution in [0.1, 0.15) is 49.4 Å². The number of para-hydroxylation sites is 1. The van der Waals surface area contributed by atoms with Crippen molar-refractivity contribution in [2.24, 2.45) is 0 Å². The number of hydrogen-bond donors (Lipinski definition) is 2. The zero-order valence-electron chi connectivity index (χ0n) is 14.4. The van der Waals surface area contributed by atoms with E-state index in [9.17, 15) is 19.5 Å². The fraction of sp³-hybridized carbons (Fsp3) is 0.278. The number of H-pyrrole nitrogens is 1. The summed E-state index contributed by atoms with van der Waals surface area (Å²) in [6.07, 6.45) is -1.10. The highest BCUT2D eigenvalue weighted by Crippen LogP contribution is 2.22. The Balaban J connectivity index is 2.22. The Labute approximate surface area is 144 Å². The van der Waals surface area contributed by atoms with Crippen LogP contribution < -0.4 is 0 Å². The maximum atomic E-state index is 12.6. The van der Waals surface area contributed by atoms with Gasteiger partial charge in [0.05, 0.1) is 18.4 Å². The molecule has 7 nitrogen and oxygen atoms in total. The van der Waals surface area contributed by atoms with Crippen molar-refractivity contribution >= 4 is 17.7 Å². The number of esters is 2. The number of methoxy groups -OCH3 is 1. The third-order valence-corrected chi connectivity index (χ3v) is 3.85. The number of benzene rings is 1. The van der Waals surface area contributed by atoms with Crippen LogP contribution in [0, 0.1) is 13.8 Å². The zero-order valence-corrected chi connectivity index (χ0v) is 14.4. The molecule has 0 aliphatic carbocycles. The highest BCUT2D eigenvalue weighted by atomic mass is 16.5. The van der Waals surface area contributed by atoms with Gasteiger partial charge in [-0.05, 0) is 38.5 Å². The molecule has 0 radical (unpaired) electrons. The molecule has 1 atom stereocenters. The lowest BCUT2D eigenvalue weighted by Crippen LogP contribution is -2.25. The molecule has 0 aliphatic heterocycles. The highest BCUT2D eigenvalue weighted by molar-refractivity contribution is 6.04. The number of phenols is 1. The number of aryl methyl sites for hydroxylation is 1. The fourth-order valence-corrected chi connectivity index (χ4v) is 2.53. The molecule has 0 spiro atoms. The molecule has 1 aromatic carbocycles. The molecule has 0 unspecified atom stereocenters. The van der Waals surface area contributed by atoms with E-state index in [0.717, 1.165) is 0 Å². The Morgan fingerprint density at radius 2 is 1.76 bits per heavy atom. The van der Waals surface area contributed by atoms with Crippen LogP contribution >= 0.6 is 0 Å². The van der Waals surface area contributed by atoms with Crippen molar-refractivity contribution in [3.63, 3.8) is 0 Å². The molecule has 0 fully saturated rings. The first-order valence-electron chi connectivity index (χ1n) is 7.58. The summed E-state index contributed by atoms with van der Waals surface area (Å²) in [6, 6.07) is 5.89. The molecule has 0 saturated heterocycles. The largest absolute Gasteiger partial charge is 0.507 e. The molecular formula is C18H19NO6. The maximum absolute atomic E-state index is 12.6. The summed E-state index contributed by atoms with van der Waals surface area (Å²) >= 11 is 0. The van der Waals surface area contributed by atoms with E-state index in [1.165, 1.54) is 26.2 Å². The van der Waals surface area contributed by atoms with Crippen molar-refractivity contribution < 1.29 is 29.0 Å². The Morgan fingerprint density at radius 3 is 2.36 bits per heavy atom. The van der Waals surface area contributed by atoms with E-state index in [1.807, 2.05) is 0 Å². The maximum Gasteiger partial charge on any atom is 0.342 e. The van der Waals surface area contributed by atoms with Crippen LogP contribution in [-0.4, -0.2) is 41.0 Å². The third kappa shape index (κ3) is 3.55. The molecule has 1 aromatic heterocycles. The van der Waals surface area contributed by atoms with Crippen molar-refractivity contribution in [1.82, 2.24) is 4.98 Å². The van der Waals surface area contributed by atoms with Crippen LogP contribution in [0.3, 0.4) is 0 Å². The van der Waals surface area contributed by atoms with E-state index >= 15 is 0 Å². The fourth-order valence-electron chi connectivity index (χ4n) is 2.53. The molecule has 2 rings (SSSR count). The Hall–Kier alpha value is -3.09. The number of Topliss-reactive ketones (excluding diaryl/α,β-unsaturated/α-hetero) is 1. The summed E-state index contributed by atoms with van der Waals surface area (Å²) in [5, 5.41) is 9.68. The second-order valence-electron chi connectivity index (χ2n) is 5.55. The number of rotatable bonds is 5. The zero-order chi connectivity index (χ0) is 18.7. The SMILES string of the molecule is COC(=O)c1c(C)[nH]c(C(=O)[C@H](C)OC(=O)c2ccccc2O)c1C. The molecule has 2 N–H and O–H groups in total. The number of carbonyl (C=O) groups excluding carboxylic acids is 3. The summed E-state index contributed by atoms with van der Waals surface area (Å²) in [5.41, 5.74) is 1.35. The van der Waals surface area contributed by atoms with Gasteiger partial charge < -0.3 is 19.6 Å². The quantitative estimate of drug-likeness (QED) is 0.637. The standard InChI is InChI=1S/C18H19NO6/c1-9-14(18(23)24-4)10(2)19-15(9)16(21)11(3)25-17(22)12-7-5-6-8-13(12)20/h5-8,11,19-20H,1-4H3/t11-/m0/s1. The molecule has 1 heterocycles. The van der Waals surface area contributed by atoms with Crippen molar-refractivity contribution in [2.45, 2.75) is 26.9 Å². The number of aromatic amines is 1. The lowest BCUT2D eigenvalue weighted by Gasteiger charge is -2.12. The smallest absolute Gasteiger partial charge is 0.342 e. The van der Waals surface area contributed by atoms with Gasteiger partial charge in [0.1, 0.15) is 11.3 Å². The minimum atomic E-state index is -1.10. The van der Waals surface area contributed by atoms with Crippen molar-refractivity contribution in [3.8, 4) is 5.75 Å². The Bertz CT molecular complexity index is 836. The van der Waals surface area contributed by atoms with E-state index in [0.29, 0.717) is 11.3 Å². The molecule has 7 heteroatoms. The number of carbonyl (C=O) groups is 3. The van der Waals surface area contributed by atoms with Crippen LogP contribution in [0.2, 0.25) is 0 Å². The van der Waals surface area contributed by atoms with E-state index < -0.39 is 23.8 Å². The lowest BCUT2D eigenvalue weighted by molar-refractivity contribution is 0.0314. The average Bonchev–Trinajstić information content (AvgIpc) is 2.88. The van der Waals surface area contributed by atoms with Gasteiger partial charge in [0, 0.05) is 5.69 Å². The van der Waals surface area contributed by atoms with E-state index in [2.05, 4.69) is 4.98 Å². The van der Waals surface area contributed by atoms with Gasteiger partial charge in [0.2, 0.25) is 5.78 Å². The van der Waals surface area contributed by atoms with Gasteiger partial charge in [0.25, 0.3) is 0 Å². The molecular weight excluding hydrogens is 326 g/mol. The number of phenolic OH excluding ortho intramolecular Hbond substituents is 1. The molecule has 25 heavy (non-hydrogen) atoms. The number of ether oxygens (including phenoxy) is 2. The van der Waals surface area contributed by atoms with Gasteiger partial charge >= 0.3 is 11.9 Å². The van der Waals surface area contributed by atoms with Crippen LogP contribution in [-0.2, 0) is 9.47 Å². The van der Waals surface area contributed by atoms with Gasteiger partial charge in [-0.25, -0.2) is 9.59 Å². The summed E-state index contributed by atoms with van der Waals surface area (Å²) in [7, 11) is 1.26. The number of ketones is 1. The minimum Gasteiger partial charge on any atom is -0.507 e. The van der Waals surface area contributed by atoms with Crippen molar-refractivity contribution in [1.29, 1.82) is 0 Å². The third-order valence-electron chi connectivity index (χ3n) is 3.85. The Kier molecular flexibility index (Phi) is 5.26. The summed E-state index contributed by atoms with van der Waals surface area (Å²) < 4.78 is 9.84. The van der Waals surface area contributed by atoms with Crippen LogP contribution in [0.25, 0.3) is 0 Å². The molecule has 2 aromatic rings. The molecule has 0 amide bonds. The molecule has 0 saturated carbocycles. The van der Waals surface area contributed by atoms with E-state index in [4.69, 9.17) is 9.47 Å². The highest BCUT2D eigenvalue weighted by Gasteiger charge is 2.28. The number of hydrogen-bond acceptors (Lipinski definition) is 6. The summed E-state index contributed by atoms with van der Waals surface area (Å²) in [5.74, 6) is -2.08. The second kappa shape index (κ2) is 7.21. The molecule has 0 bridgehead atoms. The first kappa shape index (κ1) is 18.3. The monoisotopic (exact) mass is 345 g/mol. The van der Waals surface area contributed by atoms with Gasteiger partial charge in [-0.1, -0.05) is 12.1 Å². The van der Waals surface area contributed by atoms with Gasteiger partial charge in [-0.15, -0.1) is 0 Å². The first-order chi connectivity index (χ1) is 11.8. The average molecular weight is 345 g/mol. The topological polar surface area (TPSA) is 106 Å². The van der Waals surface area contributed by atoms with Gasteiger partial charge in [-0.2, -0.15) is 0 Å². The van der Waals surface area contributed by atoms with Gasteiger partial charge in [0.15, 0.2) is 6.10 Å². The number of nitrogens with one attached hydrogen (secondary N) is 1. The lowest BCUT2D eigenvalue weighted by atomic mass is 10.1. The van der Waals surface area contributed by atoms with Crippen LogP contribution in [0.5, 0.6) is 5.75 Å². The summed E-state index contributed by atoms with van der Waals surface area (Å²) in [4.78, 5) is 39.3. The van der Waals surface area contributed by atoms with Crippen LogP contribution in [0.4, 0.5) is 0 Å². The van der Waals surface area contributed by atoms with E-state index in [-0.39, 0.29) is 22.6 Å². The van der Waals surface area contributed by atoms with Gasteiger partial charge in [-0.3, -0.25) is 4.79 Å². The minimum absolute atomic E-state index is 0.0308. The first-order valence-corrected chi connectivity index (χ1v) is 7.58. The predicted octanol–water partition coefficient (Wildman–Crippen LogP) is 2.55. The van der Waals surface area contributed by atoms with Crippen molar-refractivity contribution in [2.75, 3.05) is 7.11 Å². The normalized spacial score (nSPS) is 11.7. The molecule has 132 valence electrons. The number of aromatic nitrogens is 1. The van der Waals surface area contributed by atoms with Crippen LogP contribution in [0.15, 0.2) is 24.3 Å². The predicted molar refractivity (Wildman–Crippen MR) is 88.9 cm³/mol. The Morgan fingerprint density at radius 1 is 1.12 bits per heavy atom. The molecule has 0 aliphatic rings. The second-order valence-corrected chi connectivity index (χ2v) is 5.55. The van der Waals surface area contributed by atoms with E-state index in [1.54, 1.807) is 26.0 Å². The summed E-state index contributed by atoms with van der Waals surface area (Å²) in [6.45, 7) is 4.68.